The second-order valence-electron chi connectivity index (χ2n) is 18.5. The minimum absolute atomic E-state index is 0.0790. The van der Waals surface area contributed by atoms with E-state index in [2.05, 4.69) is 46.5 Å². The number of anilines is 4. The molecule has 354 valence electrons. The average molecular weight is 935 g/mol. The zero-order valence-electron chi connectivity index (χ0n) is 38.2. The Bertz CT molecular complexity index is 3110. The maximum absolute atomic E-state index is 15.0. The van der Waals surface area contributed by atoms with Crippen molar-refractivity contribution in [2.75, 3.05) is 93.6 Å². The normalized spacial score (nSPS) is 21.9. The van der Waals surface area contributed by atoms with Crippen LogP contribution in [0.2, 0.25) is 0 Å². The number of likely N-dealkylation sites (tertiary alicyclic amines) is 2. The number of nitrogens with zero attached hydrogens (tertiary/aromatic N) is 12. The Labute approximate surface area is 395 Å². The largest absolute Gasteiger partial charge is 0.378 e. The monoisotopic (exact) mass is 934 g/mol. The number of likely N-dealkylation sites (N-methyl/N-ethyl adjacent to an activating group) is 2. The molecule has 0 bridgehead atoms. The number of morpholine rings is 2. The van der Waals surface area contributed by atoms with Crippen molar-refractivity contribution in [2.24, 2.45) is 0 Å². The molecule has 10 heterocycles. The molecule has 21 nitrogen and oxygen atoms in total. The molecule has 6 aliphatic heterocycles. The molecule has 12 rings (SSSR count). The number of carbonyl (C=O) groups is 5. The summed E-state index contributed by atoms with van der Waals surface area (Å²) in [7, 11) is 3.59. The van der Waals surface area contributed by atoms with Gasteiger partial charge in [0.15, 0.2) is 11.3 Å². The second kappa shape index (κ2) is 16.9. The van der Waals surface area contributed by atoms with Gasteiger partial charge in [-0.1, -0.05) is 0 Å². The van der Waals surface area contributed by atoms with Crippen molar-refractivity contribution in [2.45, 2.75) is 50.7 Å². The number of carbonyl (C=O) groups excluding carboxylic acids is 5. The van der Waals surface area contributed by atoms with Gasteiger partial charge in [0.2, 0.25) is 11.8 Å². The molecule has 6 aliphatic rings. The van der Waals surface area contributed by atoms with E-state index in [1.54, 1.807) is 67.7 Å². The number of aromatic nitrogens is 6. The Morgan fingerprint density at radius 3 is 2.09 bits per heavy atom. The van der Waals surface area contributed by atoms with Gasteiger partial charge >= 0.3 is 0 Å². The molecule has 4 fully saturated rings. The molecule has 3 atom stereocenters. The quantitative estimate of drug-likeness (QED) is 0.214. The first-order valence-electron chi connectivity index (χ1n) is 23.4. The smallest absolute Gasteiger partial charge is 0.261 e. The highest BCUT2D eigenvalue weighted by molar-refractivity contribution is 6.12. The topological polar surface area (TPSA) is 208 Å². The van der Waals surface area contributed by atoms with Gasteiger partial charge in [-0.2, -0.15) is 10.2 Å². The number of hydrogen-bond donors (Lipinski definition) is 2. The molecule has 5 amide bonds. The molecule has 21 heteroatoms. The van der Waals surface area contributed by atoms with Crippen molar-refractivity contribution in [3.8, 4) is 0 Å². The zero-order valence-corrected chi connectivity index (χ0v) is 38.2. The maximum atomic E-state index is 15.0. The van der Waals surface area contributed by atoms with Crippen LogP contribution in [0, 0.1) is 0 Å². The van der Waals surface area contributed by atoms with Gasteiger partial charge in [-0.15, -0.1) is 0 Å². The Kier molecular flexibility index (Phi) is 10.5. The lowest BCUT2D eigenvalue weighted by molar-refractivity contribution is -0.131. The van der Waals surface area contributed by atoms with E-state index in [9.17, 15) is 19.2 Å². The van der Waals surface area contributed by atoms with E-state index in [1.165, 1.54) is 6.20 Å². The fraction of sp³-hybridized carbons (Fsp3) is 0.396. The number of rotatable bonds is 9. The Morgan fingerprint density at radius 1 is 0.696 bits per heavy atom. The first kappa shape index (κ1) is 42.8. The number of benzene rings is 2. The third kappa shape index (κ3) is 7.38. The molecule has 0 radical (unpaired) electrons. The predicted octanol–water partition coefficient (Wildman–Crippen LogP) is 2.42. The van der Waals surface area contributed by atoms with Crippen LogP contribution in [0.4, 0.5) is 22.7 Å². The van der Waals surface area contributed by atoms with Crippen molar-refractivity contribution in [1.82, 2.24) is 48.8 Å². The number of nitrogens with one attached hydrogen (secondary N) is 2. The first-order chi connectivity index (χ1) is 33.6. The highest BCUT2D eigenvalue weighted by Crippen LogP contribution is 2.41. The number of ether oxygens (including phenoxy) is 2. The van der Waals surface area contributed by atoms with Gasteiger partial charge in [0, 0.05) is 96.8 Å². The van der Waals surface area contributed by atoms with Crippen molar-refractivity contribution in [1.29, 1.82) is 0 Å². The lowest BCUT2D eigenvalue weighted by Crippen LogP contribution is -2.41. The first-order valence-corrected chi connectivity index (χ1v) is 23.4. The van der Waals surface area contributed by atoms with Crippen LogP contribution in [-0.4, -0.2) is 164 Å². The number of amides is 5. The van der Waals surface area contributed by atoms with E-state index in [0.717, 1.165) is 28.8 Å². The van der Waals surface area contributed by atoms with Crippen molar-refractivity contribution in [3.05, 3.63) is 106 Å². The molecule has 4 saturated heterocycles. The lowest BCUT2D eigenvalue weighted by Gasteiger charge is -2.35. The summed E-state index contributed by atoms with van der Waals surface area (Å²) in [5.41, 5.74) is 7.52. The summed E-state index contributed by atoms with van der Waals surface area (Å²) >= 11 is 0. The molecule has 69 heavy (non-hydrogen) atoms. The molecule has 0 saturated carbocycles. The molecule has 2 aromatic carbocycles. The van der Waals surface area contributed by atoms with Crippen LogP contribution in [0.5, 0.6) is 0 Å². The maximum Gasteiger partial charge on any atom is 0.261 e. The van der Waals surface area contributed by atoms with Crippen molar-refractivity contribution in [3.63, 3.8) is 0 Å². The molecule has 0 spiro atoms. The van der Waals surface area contributed by atoms with Crippen molar-refractivity contribution >= 4 is 63.6 Å². The number of hydrogen-bond acceptors (Lipinski definition) is 14. The van der Waals surface area contributed by atoms with Gasteiger partial charge in [-0.3, -0.25) is 28.9 Å². The minimum Gasteiger partial charge on any atom is -0.378 e. The summed E-state index contributed by atoms with van der Waals surface area (Å²) in [6, 6.07) is 10.5. The van der Waals surface area contributed by atoms with Crippen LogP contribution in [0.3, 0.4) is 0 Å². The lowest BCUT2D eigenvalue weighted by atomic mass is 10.0. The highest BCUT2D eigenvalue weighted by Gasteiger charge is 2.42. The molecule has 6 aromatic rings. The fourth-order valence-electron chi connectivity index (χ4n) is 10.8. The van der Waals surface area contributed by atoms with Crippen LogP contribution in [-0.2, 0) is 38.7 Å². The Morgan fingerprint density at radius 2 is 1.35 bits per heavy atom. The van der Waals surface area contributed by atoms with E-state index in [4.69, 9.17) is 14.6 Å². The summed E-state index contributed by atoms with van der Waals surface area (Å²) in [6.07, 6.45) is 8.80. The second-order valence-corrected chi connectivity index (χ2v) is 18.5. The summed E-state index contributed by atoms with van der Waals surface area (Å²) in [5, 5.41) is 15.7. The molecule has 2 N–H and O–H groups in total. The summed E-state index contributed by atoms with van der Waals surface area (Å²) in [4.78, 5) is 89.9. The van der Waals surface area contributed by atoms with Crippen LogP contribution < -0.4 is 20.4 Å². The van der Waals surface area contributed by atoms with E-state index in [0.29, 0.717) is 111 Å². The fourth-order valence-corrected chi connectivity index (χ4v) is 10.8. The third-order valence-corrected chi connectivity index (χ3v) is 14.5. The molecule has 4 aromatic heterocycles. The minimum atomic E-state index is -0.711. The van der Waals surface area contributed by atoms with E-state index < -0.39 is 18.1 Å². The van der Waals surface area contributed by atoms with E-state index in [1.807, 2.05) is 25.2 Å². The van der Waals surface area contributed by atoms with Gasteiger partial charge in [0.1, 0.15) is 29.0 Å². The SMILES string of the molecule is CN1CC[C@@H](N2Cc3cc(NC(=O)c4cnn5cccnc45)c(N4CCOC(c5nn6cccnc6c5C(=O)Nc5cc6c(cc5N5CCOCC5)C(=O)N([C@H]5CCN(C)C5=O)C6)C4)cc3C2)C1=O. The van der Waals surface area contributed by atoms with Crippen LogP contribution in [0.15, 0.2) is 67.4 Å². The van der Waals surface area contributed by atoms with Crippen molar-refractivity contribution < 1.29 is 33.4 Å². The van der Waals surface area contributed by atoms with E-state index >= 15 is 4.79 Å². The number of fused-ring (bicyclic) bond motifs is 4. The van der Waals surface area contributed by atoms with Gasteiger partial charge in [-0.25, -0.2) is 19.0 Å². The van der Waals surface area contributed by atoms with Crippen LogP contribution in [0.1, 0.15) is 72.4 Å². The standard InChI is InChI=1S/C48H50N14O7/c1-55-11-5-35(47(55)66)59-24-28-19-33(52-44(63)32-23-51-61-9-3-7-49-42(32)61)37(21-29(28)25-59)58-15-18-69-39(27-58)41-40(43-50-8-4-10-62(43)54-41)45(64)53-34-20-30-26-60(36-6-12-56(2)48(36)67)46(65)31(30)22-38(34)57-13-16-68-17-14-57/h3-4,7-10,19-23,35-36,39H,5-6,11-18,24-27H2,1-2H3,(H,52,63)(H,53,64)/t35-,36+,39?/m1/s1. The molecule has 1 unspecified atom stereocenters. The predicted molar refractivity (Wildman–Crippen MR) is 250 cm³/mol. The van der Waals surface area contributed by atoms with Gasteiger partial charge in [0.05, 0.1) is 61.4 Å². The van der Waals surface area contributed by atoms with Crippen LogP contribution >= 0.6 is 0 Å². The Balaban J connectivity index is 0.874. The van der Waals surface area contributed by atoms with E-state index in [-0.39, 0.29) is 54.9 Å². The molecule has 0 aliphatic carbocycles. The third-order valence-electron chi connectivity index (χ3n) is 14.5. The van der Waals surface area contributed by atoms with Gasteiger partial charge in [-0.05, 0) is 65.9 Å². The summed E-state index contributed by atoms with van der Waals surface area (Å²) in [6.45, 7) is 5.74. The molecular formula is C48H50N14O7. The van der Waals surface area contributed by atoms with Gasteiger partial charge in [0.25, 0.3) is 17.7 Å². The summed E-state index contributed by atoms with van der Waals surface area (Å²) < 4.78 is 15.3. The Hall–Kier alpha value is -7.49. The highest BCUT2D eigenvalue weighted by atomic mass is 16.5. The average Bonchev–Trinajstić information content (AvgIpc) is 4.24. The van der Waals surface area contributed by atoms with Crippen LogP contribution in [0.25, 0.3) is 11.3 Å². The zero-order chi connectivity index (χ0) is 47.1. The molecular weight excluding hydrogens is 885 g/mol. The van der Waals surface area contributed by atoms with Gasteiger partial charge < -0.3 is 44.6 Å². The summed E-state index contributed by atoms with van der Waals surface area (Å²) in [5.74, 6) is -1.00.